The van der Waals surface area contributed by atoms with E-state index in [0.29, 0.717) is 5.69 Å². The van der Waals surface area contributed by atoms with Gasteiger partial charge in [-0.3, -0.25) is 4.72 Å². The van der Waals surface area contributed by atoms with E-state index in [1.165, 1.54) is 18.3 Å². The van der Waals surface area contributed by atoms with Gasteiger partial charge in [0.25, 0.3) is 10.0 Å². The number of rotatable bonds is 6. The monoisotopic (exact) mass is 398 g/mol. The second-order valence-corrected chi connectivity index (χ2v) is 8.35. The number of benzene rings is 1. The SMILES string of the molecule is O=c1occc(O)c1C(c1cccc(NS(=O)(=O)c2ccccn2)c1)C1CC1. The fourth-order valence-corrected chi connectivity index (χ4v) is 4.32. The van der Waals surface area contributed by atoms with Crippen LogP contribution >= 0.6 is 0 Å². The Morgan fingerprint density at radius 2 is 1.96 bits per heavy atom. The molecule has 0 aliphatic heterocycles. The van der Waals surface area contributed by atoms with Gasteiger partial charge < -0.3 is 9.52 Å². The van der Waals surface area contributed by atoms with Crippen LogP contribution < -0.4 is 10.3 Å². The number of aromatic hydroxyl groups is 1. The van der Waals surface area contributed by atoms with E-state index in [2.05, 4.69) is 9.71 Å². The number of aromatic nitrogens is 1. The maximum atomic E-state index is 12.5. The van der Waals surface area contributed by atoms with Gasteiger partial charge in [0.15, 0.2) is 5.03 Å². The Hall–Kier alpha value is -3.13. The highest BCUT2D eigenvalue weighted by molar-refractivity contribution is 7.92. The van der Waals surface area contributed by atoms with E-state index in [1.54, 1.807) is 30.3 Å². The minimum Gasteiger partial charge on any atom is -0.507 e. The molecule has 2 N–H and O–H groups in total. The molecule has 1 atom stereocenters. The summed E-state index contributed by atoms with van der Waals surface area (Å²) in [6, 6.07) is 12.8. The summed E-state index contributed by atoms with van der Waals surface area (Å²) in [4.78, 5) is 16.1. The van der Waals surface area contributed by atoms with Crippen molar-refractivity contribution in [2.24, 2.45) is 5.92 Å². The number of nitrogens with one attached hydrogen (secondary N) is 1. The topological polar surface area (TPSA) is 109 Å². The first-order valence-electron chi connectivity index (χ1n) is 8.80. The Bertz CT molecular complexity index is 1150. The van der Waals surface area contributed by atoms with Crippen molar-refractivity contribution in [3.05, 3.63) is 82.5 Å². The molecule has 8 heteroatoms. The molecule has 0 bridgehead atoms. The van der Waals surface area contributed by atoms with Gasteiger partial charge >= 0.3 is 5.63 Å². The van der Waals surface area contributed by atoms with Gasteiger partial charge in [-0.1, -0.05) is 18.2 Å². The summed E-state index contributed by atoms with van der Waals surface area (Å²) in [5.74, 6) is -0.289. The molecule has 1 saturated carbocycles. The third-order valence-corrected chi connectivity index (χ3v) is 6.01. The second-order valence-electron chi connectivity index (χ2n) is 6.72. The molecule has 1 unspecified atom stereocenters. The molecule has 7 nitrogen and oxygen atoms in total. The normalized spacial score (nSPS) is 15.1. The van der Waals surface area contributed by atoms with Crippen LogP contribution in [0.25, 0.3) is 0 Å². The summed E-state index contributed by atoms with van der Waals surface area (Å²) in [6.45, 7) is 0. The molecule has 3 aromatic rings. The van der Waals surface area contributed by atoms with E-state index in [1.807, 2.05) is 6.07 Å². The minimum atomic E-state index is -3.83. The lowest BCUT2D eigenvalue weighted by atomic mass is 9.87. The number of sulfonamides is 1. The summed E-state index contributed by atoms with van der Waals surface area (Å²) in [5.41, 5.74) is 0.706. The number of anilines is 1. The summed E-state index contributed by atoms with van der Waals surface area (Å²) >= 11 is 0. The van der Waals surface area contributed by atoms with Crippen molar-refractivity contribution in [3.63, 3.8) is 0 Å². The van der Waals surface area contributed by atoms with Crippen molar-refractivity contribution < 1.29 is 17.9 Å². The van der Waals surface area contributed by atoms with Crippen LogP contribution in [0.3, 0.4) is 0 Å². The highest BCUT2D eigenvalue weighted by atomic mass is 32.2. The van der Waals surface area contributed by atoms with Crippen LogP contribution in [0, 0.1) is 5.92 Å². The average Bonchev–Trinajstić information content (AvgIpc) is 3.50. The summed E-state index contributed by atoms with van der Waals surface area (Å²) in [7, 11) is -3.83. The molecule has 0 radical (unpaired) electrons. The smallest absolute Gasteiger partial charge is 0.343 e. The molecule has 144 valence electrons. The highest BCUT2D eigenvalue weighted by Crippen LogP contribution is 2.47. The first-order valence-corrected chi connectivity index (χ1v) is 10.3. The molecule has 4 rings (SSSR count). The lowest BCUT2D eigenvalue weighted by Crippen LogP contribution is -2.17. The largest absolute Gasteiger partial charge is 0.507 e. The molecular formula is C20H18N2O5S. The lowest BCUT2D eigenvalue weighted by Gasteiger charge is -2.18. The second kappa shape index (κ2) is 7.12. The van der Waals surface area contributed by atoms with Gasteiger partial charge in [-0.25, -0.2) is 9.78 Å². The fourth-order valence-electron chi connectivity index (χ4n) is 3.32. The molecular weight excluding hydrogens is 380 g/mol. The number of hydrogen-bond donors (Lipinski definition) is 2. The van der Waals surface area contributed by atoms with Crippen molar-refractivity contribution in [2.45, 2.75) is 23.8 Å². The summed E-state index contributed by atoms with van der Waals surface area (Å²) in [5, 5.41) is 10.1. The van der Waals surface area contributed by atoms with Crippen LogP contribution in [-0.2, 0) is 10.0 Å². The van der Waals surface area contributed by atoms with Crippen LogP contribution in [0.2, 0.25) is 0 Å². The quantitative estimate of drug-likeness (QED) is 0.660. The maximum Gasteiger partial charge on any atom is 0.343 e. The molecule has 1 aliphatic carbocycles. The van der Waals surface area contributed by atoms with Crippen LogP contribution in [0.15, 0.2) is 75.2 Å². The Morgan fingerprint density at radius 1 is 1.14 bits per heavy atom. The minimum absolute atomic E-state index is 0.0829. The van der Waals surface area contributed by atoms with Crippen molar-refractivity contribution in [3.8, 4) is 5.75 Å². The molecule has 0 amide bonds. The fraction of sp³-hybridized carbons (Fsp3) is 0.200. The molecule has 0 saturated heterocycles. The maximum absolute atomic E-state index is 12.5. The average molecular weight is 398 g/mol. The molecule has 28 heavy (non-hydrogen) atoms. The predicted molar refractivity (Wildman–Crippen MR) is 103 cm³/mol. The third kappa shape index (κ3) is 3.63. The van der Waals surface area contributed by atoms with Crippen LogP contribution in [0.4, 0.5) is 5.69 Å². The first-order chi connectivity index (χ1) is 13.5. The van der Waals surface area contributed by atoms with E-state index in [4.69, 9.17) is 4.42 Å². The van der Waals surface area contributed by atoms with Gasteiger partial charge in [0.05, 0.1) is 11.8 Å². The van der Waals surface area contributed by atoms with Crippen LogP contribution in [0.5, 0.6) is 5.75 Å². The van der Waals surface area contributed by atoms with E-state index >= 15 is 0 Å². The zero-order chi connectivity index (χ0) is 19.7. The Kier molecular flexibility index (Phi) is 4.64. The number of pyridine rings is 1. The van der Waals surface area contributed by atoms with Gasteiger partial charge in [-0.05, 0) is 48.6 Å². The lowest BCUT2D eigenvalue weighted by molar-refractivity contribution is 0.425. The van der Waals surface area contributed by atoms with Crippen LogP contribution in [0.1, 0.15) is 29.9 Å². The van der Waals surface area contributed by atoms with Crippen molar-refractivity contribution in [1.29, 1.82) is 0 Å². The van der Waals surface area contributed by atoms with E-state index in [9.17, 15) is 18.3 Å². The zero-order valence-corrected chi connectivity index (χ0v) is 15.6. The third-order valence-electron chi connectivity index (χ3n) is 4.71. The Balaban J connectivity index is 1.71. The zero-order valence-electron chi connectivity index (χ0n) is 14.8. The van der Waals surface area contributed by atoms with E-state index in [0.717, 1.165) is 24.7 Å². The molecule has 0 spiro atoms. The first kappa shape index (κ1) is 18.2. The van der Waals surface area contributed by atoms with E-state index in [-0.39, 0.29) is 28.2 Å². The predicted octanol–water partition coefficient (Wildman–Crippen LogP) is 3.08. The van der Waals surface area contributed by atoms with Gasteiger partial charge in [-0.2, -0.15) is 8.42 Å². The van der Waals surface area contributed by atoms with Gasteiger partial charge in [0, 0.05) is 23.9 Å². The molecule has 1 aliphatic rings. The van der Waals surface area contributed by atoms with E-state index < -0.39 is 15.6 Å². The molecule has 2 heterocycles. The van der Waals surface area contributed by atoms with Crippen molar-refractivity contribution >= 4 is 15.7 Å². The Labute approximate surface area is 161 Å². The standard InChI is InChI=1S/C20H18N2O5S/c23-16-9-11-27-20(24)19(16)18(13-7-8-13)14-4-3-5-15(12-14)22-28(25,26)17-6-1-2-10-21-17/h1-6,9-13,18,22-23H,7-8H2. The highest BCUT2D eigenvalue weighted by Gasteiger charge is 2.37. The molecule has 1 fully saturated rings. The molecule has 1 aromatic carbocycles. The molecule has 2 aromatic heterocycles. The number of hydrogen-bond acceptors (Lipinski definition) is 6. The van der Waals surface area contributed by atoms with Gasteiger partial charge in [0.1, 0.15) is 5.75 Å². The number of nitrogens with zero attached hydrogens (tertiary/aromatic N) is 1. The Morgan fingerprint density at radius 3 is 2.64 bits per heavy atom. The summed E-state index contributed by atoms with van der Waals surface area (Å²) in [6.07, 6.45) is 4.40. The van der Waals surface area contributed by atoms with Crippen LogP contribution in [-0.4, -0.2) is 18.5 Å². The van der Waals surface area contributed by atoms with Crippen molar-refractivity contribution in [2.75, 3.05) is 4.72 Å². The van der Waals surface area contributed by atoms with Gasteiger partial charge in [0.2, 0.25) is 0 Å². The van der Waals surface area contributed by atoms with Gasteiger partial charge in [-0.15, -0.1) is 0 Å². The van der Waals surface area contributed by atoms with Crippen molar-refractivity contribution in [1.82, 2.24) is 4.98 Å². The summed E-state index contributed by atoms with van der Waals surface area (Å²) < 4.78 is 32.5.